The zero-order valence-electron chi connectivity index (χ0n) is 17.9. The lowest BCUT2D eigenvalue weighted by Gasteiger charge is -2.27. The summed E-state index contributed by atoms with van der Waals surface area (Å²) in [6.45, 7) is 4.72. The van der Waals surface area contributed by atoms with E-state index in [4.69, 9.17) is 23.7 Å². The quantitative estimate of drug-likeness (QED) is 0.442. The Balaban J connectivity index is 2.29. The standard InChI is InChI=1S/C21H27NO9/c1-12(23)22-18-20(30-15(4)26)19(17(29-14(3)25)11-27-13(2)24)31-21(18)28-10-16-8-6-5-7-9-16/h5-9,17-21H,10-11H2,1-4H3,(H,22,23). The van der Waals surface area contributed by atoms with Gasteiger partial charge in [0.2, 0.25) is 5.91 Å². The average molecular weight is 437 g/mol. The van der Waals surface area contributed by atoms with Crippen LogP contribution in [0.1, 0.15) is 33.3 Å². The summed E-state index contributed by atoms with van der Waals surface area (Å²) in [4.78, 5) is 46.4. The van der Waals surface area contributed by atoms with Gasteiger partial charge in [0.15, 0.2) is 18.5 Å². The Labute approximate surface area is 180 Å². The van der Waals surface area contributed by atoms with Crippen LogP contribution in [-0.4, -0.2) is 61.1 Å². The highest BCUT2D eigenvalue weighted by Gasteiger charge is 2.52. The molecule has 5 atom stereocenters. The molecule has 1 amide bonds. The van der Waals surface area contributed by atoms with Gasteiger partial charge in [0.25, 0.3) is 0 Å². The number of hydrogen-bond acceptors (Lipinski definition) is 9. The molecule has 1 aromatic carbocycles. The van der Waals surface area contributed by atoms with Gasteiger partial charge in [0, 0.05) is 27.7 Å². The predicted octanol–water partition coefficient (Wildman–Crippen LogP) is 0.859. The molecule has 0 spiro atoms. The van der Waals surface area contributed by atoms with E-state index in [9.17, 15) is 19.2 Å². The maximum atomic E-state index is 11.8. The highest BCUT2D eigenvalue weighted by molar-refractivity contribution is 5.73. The highest BCUT2D eigenvalue weighted by atomic mass is 16.7. The number of hydrogen-bond donors (Lipinski definition) is 1. The summed E-state index contributed by atoms with van der Waals surface area (Å²) < 4.78 is 27.4. The van der Waals surface area contributed by atoms with Gasteiger partial charge < -0.3 is 29.0 Å². The Morgan fingerprint density at radius 1 is 1.00 bits per heavy atom. The van der Waals surface area contributed by atoms with Gasteiger partial charge >= 0.3 is 17.9 Å². The number of amides is 1. The zero-order chi connectivity index (χ0) is 23.0. The summed E-state index contributed by atoms with van der Waals surface area (Å²) in [7, 11) is 0. The Kier molecular flexibility index (Phi) is 8.95. The number of carbonyl (C=O) groups excluding carboxylic acids is 4. The lowest BCUT2D eigenvalue weighted by molar-refractivity contribution is -0.192. The maximum Gasteiger partial charge on any atom is 0.303 e. The number of rotatable bonds is 9. The smallest absolute Gasteiger partial charge is 0.303 e. The normalized spacial score (nSPS) is 23.5. The second-order valence-corrected chi connectivity index (χ2v) is 7.02. The lowest BCUT2D eigenvalue weighted by Crippen LogP contribution is -2.51. The van der Waals surface area contributed by atoms with E-state index in [2.05, 4.69) is 5.32 Å². The molecule has 1 aliphatic heterocycles. The fraction of sp³-hybridized carbons (Fsp3) is 0.524. The van der Waals surface area contributed by atoms with Crippen molar-refractivity contribution in [3.63, 3.8) is 0 Å². The van der Waals surface area contributed by atoms with Gasteiger partial charge in [-0.1, -0.05) is 30.3 Å². The van der Waals surface area contributed by atoms with Crippen molar-refractivity contribution in [2.24, 2.45) is 0 Å². The summed E-state index contributed by atoms with van der Waals surface area (Å²) in [6, 6.07) is 8.38. The Hall–Kier alpha value is -2.98. The summed E-state index contributed by atoms with van der Waals surface area (Å²) in [5.74, 6) is -2.27. The van der Waals surface area contributed by atoms with Crippen LogP contribution in [0.4, 0.5) is 0 Å². The third-order valence-corrected chi connectivity index (χ3v) is 4.33. The second kappa shape index (κ2) is 11.4. The summed E-state index contributed by atoms with van der Waals surface area (Å²) in [6.07, 6.45) is -4.21. The van der Waals surface area contributed by atoms with Crippen LogP contribution in [0.5, 0.6) is 0 Å². The Bertz CT molecular complexity index is 782. The highest BCUT2D eigenvalue weighted by Crippen LogP contribution is 2.30. The average Bonchev–Trinajstić information content (AvgIpc) is 3.00. The molecule has 1 saturated heterocycles. The monoisotopic (exact) mass is 437 g/mol. The third kappa shape index (κ3) is 7.65. The van der Waals surface area contributed by atoms with Crippen LogP contribution in [0.15, 0.2) is 30.3 Å². The van der Waals surface area contributed by atoms with Crippen molar-refractivity contribution >= 4 is 23.8 Å². The van der Waals surface area contributed by atoms with Gasteiger partial charge in [-0.05, 0) is 5.56 Å². The molecule has 1 aliphatic rings. The van der Waals surface area contributed by atoms with Crippen LogP contribution in [-0.2, 0) is 49.5 Å². The molecule has 0 bridgehead atoms. The van der Waals surface area contributed by atoms with E-state index in [-0.39, 0.29) is 13.2 Å². The molecule has 1 aromatic rings. The van der Waals surface area contributed by atoms with E-state index in [1.165, 1.54) is 27.7 Å². The molecule has 1 fully saturated rings. The van der Waals surface area contributed by atoms with Crippen molar-refractivity contribution in [1.82, 2.24) is 5.32 Å². The fourth-order valence-corrected chi connectivity index (χ4v) is 3.20. The van der Waals surface area contributed by atoms with Crippen LogP contribution in [0.3, 0.4) is 0 Å². The minimum Gasteiger partial charge on any atom is -0.462 e. The molecule has 1 heterocycles. The van der Waals surface area contributed by atoms with Crippen molar-refractivity contribution < 1.29 is 42.9 Å². The SMILES string of the molecule is CC(=O)NC1C(OCc2ccccc2)OC(C(COC(C)=O)OC(C)=O)C1OC(C)=O. The van der Waals surface area contributed by atoms with Gasteiger partial charge in [-0.3, -0.25) is 19.2 Å². The first kappa shape index (κ1) is 24.3. The van der Waals surface area contributed by atoms with Crippen LogP contribution in [0.2, 0.25) is 0 Å². The van der Waals surface area contributed by atoms with Gasteiger partial charge in [0.1, 0.15) is 18.8 Å². The molecule has 1 N–H and O–H groups in total. The number of benzene rings is 1. The first-order valence-electron chi connectivity index (χ1n) is 9.73. The van der Waals surface area contributed by atoms with E-state index >= 15 is 0 Å². The number of nitrogens with one attached hydrogen (secondary N) is 1. The van der Waals surface area contributed by atoms with Crippen molar-refractivity contribution in [3.05, 3.63) is 35.9 Å². The second-order valence-electron chi connectivity index (χ2n) is 7.02. The molecule has 2 rings (SSSR count). The van der Waals surface area contributed by atoms with Crippen molar-refractivity contribution in [1.29, 1.82) is 0 Å². The van der Waals surface area contributed by atoms with Crippen molar-refractivity contribution in [3.8, 4) is 0 Å². The maximum absolute atomic E-state index is 11.8. The number of ether oxygens (including phenoxy) is 5. The molecule has 5 unspecified atom stereocenters. The molecule has 0 radical (unpaired) electrons. The van der Waals surface area contributed by atoms with Crippen molar-refractivity contribution in [2.45, 2.75) is 64.9 Å². The van der Waals surface area contributed by atoms with Crippen LogP contribution >= 0.6 is 0 Å². The van der Waals surface area contributed by atoms with Gasteiger partial charge in [0.05, 0.1) is 6.61 Å². The van der Waals surface area contributed by atoms with Gasteiger partial charge in [-0.15, -0.1) is 0 Å². The van der Waals surface area contributed by atoms with E-state index in [0.29, 0.717) is 0 Å². The van der Waals surface area contributed by atoms with Gasteiger partial charge in [-0.2, -0.15) is 0 Å². The van der Waals surface area contributed by atoms with E-state index < -0.39 is 54.5 Å². The predicted molar refractivity (Wildman–Crippen MR) is 105 cm³/mol. The molecular weight excluding hydrogens is 410 g/mol. The lowest BCUT2D eigenvalue weighted by atomic mass is 10.0. The van der Waals surface area contributed by atoms with E-state index in [0.717, 1.165) is 5.56 Å². The van der Waals surface area contributed by atoms with Gasteiger partial charge in [-0.25, -0.2) is 0 Å². The molecule has 10 nitrogen and oxygen atoms in total. The van der Waals surface area contributed by atoms with Crippen molar-refractivity contribution in [2.75, 3.05) is 6.61 Å². The van der Waals surface area contributed by atoms with Crippen LogP contribution in [0, 0.1) is 0 Å². The molecule has 10 heteroatoms. The molecule has 170 valence electrons. The Morgan fingerprint density at radius 2 is 1.68 bits per heavy atom. The van der Waals surface area contributed by atoms with E-state index in [1.54, 1.807) is 0 Å². The topological polar surface area (TPSA) is 126 Å². The summed E-state index contributed by atoms with van der Waals surface area (Å²) in [5.41, 5.74) is 0.858. The minimum absolute atomic E-state index is 0.156. The minimum atomic E-state index is -1.09. The number of carbonyl (C=O) groups is 4. The molecule has 0 saturated carbocycles. The first-order chi connectivity index (χ1) is 14.7. The molecular formula is C21H27NO9. The largest absolute Gasteiger partial charge is 0.462 e. The van der Waals surface area contributed by atoms with E-state index in [1.807, 2.05) is 30.3 Å². The molecule has 0 aromatic heterocycles. The molecule has 31 heavy (non-hydrogen) atoms. The first-order valence-corrected chi connectivity index (χ1v) is 9.73. The number of esters is 3. The third-order valence-electron chi connectivity index (χ3n) is 4.33. The zero-order valence-corrected chi connectivity index (χ0v) is 17.9. The summed E-state index contributed by atoms with van der Waals surface area (Å²) in [5, 5.41) is 2.67. The summed E-state index contributed by atoms with van der Waals surface area (Å²) >= 11 is 0. The van der Waals surface area contributed by atoms with Crippen LogP contribution in [0.25, 0.3) is 0 Å². The fourth-order valence-electron chi connectivity index (χ4n) is 3.20. The van der Waals surface area contributed by atoms with Crippen LogP contribution < -0.4 is 5.32 Å². The molecule has 0 aliphatic carbocycles. The Morgan fingerprint density at radius 3 is 2.23 bits per heavy atom.